The fourth-order valence-electron chi connectivity index (χ4n) is 2.85. The normalized spacial score (nSPS) is 15.4. The van der Waals surface area contributed by atoms with E-state index in [1.807, 2.05) is 0 Å². The van der Waals surface area contributed by atoms with Gasteiger partial charge in [-0.15, -0.1) is 0 Å². The molecule has 1 saturated heterocycles. The molecular weight excluding hydrogens is 419 g/mol. The Bertz CT molecular complexity index is 870. The van der Waals surface area contributed by atoms with E-state index in [-0.39, 0.29) is 22.6 Å². The summed E-state index contributed by atoms with van der Waals surface area (Å²) in [6.45, 7) is 1.25. The summed E-state index contributed by atoms with van der Waals surface area (Å²) in [7, 11) is 1.25. The van der Waals surface area contributed by atoms with Crippen molar-refractivity contribution in [3.8, 4) is 5.88 Å². The SMILES string of the molecule is COC(=O)[C@@H](NC(=O)c1cnc(OC2CCOCC2)c(Cl)c1)c1ccc(Cl)cc1. The van der Waals surface area contributed by atoms with Gasteiger partial charge in [-0.2, -0.15) is 0 Å². The summed E-state index contributed by atoms with van der Waals surface area (Å²) in [5.41, 5.74) is 0.727. The average molecular weight is 439 g/mol. The monoisotopic (exact) mass is 438 g/mol. The van der Waals surface area contributed by atoms with E-state index >= 15 is 0 Å². The second kappa shape index (κ2) is 9.91. The number of nitrogens with zero attached hydrogens (tertiary/aromatic N) is 1. The zero-order valence-corrected chi connectivity index (χ0v) is 17.2. The largest absolute Gasteiger partial charge is 0.473 e. The molecule has 0 aliphatic carbocycles. The molecule has 29 heavy (non-hydrogen) atoms. The van der Waals surface area contributed by atoms with E-state index in [2.05, 4.69) is 10.3 Å². The number of carbonyl (C=O) groups is 2. The Balaban J connectivity index is 1.73. The van der Waals surface area contributed by atoms with Gasteiger partial charge in [0, 0.05) is 24.1 Å². The van der Waals surface area contributed by atoms with Crippen LogP contribution in [0.15, 0.2) is 36.5 Å². The van der Waals surface area contributed by atoms with Gasteiger partial charge in [-0.1, -0.05) is 35.3 Å². The van der Waals surface area contributed by atoms with E-state index in [9.17, 15) is 9.59 Å². The van der Waals surface area contributed by atoms with Crippen LogP contribution >= 0.6 is 23.2 Å². The molecule has 2 aromatic rings. The number of amides is 1. The van der Waals surface area contributed by atoms with Crippen LogP contribution < -0.4 is 10.1 Å². The summed E-state index contributed by atoms with van der Waals surface area (Å²) in [5, 5.41) is 3.36. The smallest absolute Gasteiger partial charge is 0.333 e. The van der Waals surface area contributed by atoms with Crippen LogP contribution in [-0.4, -0.2) is 43.3 Å². The molecule has 0 spiro atoms. The molecule has 1 aromatic heterocycles. The molecule has 0 radical (unpaired) electrons. The van der Waals surface area contributed by atoms with Crippen LogP contribution in [0.5, 0.6) is 5.88 Å². The number of esters is 1. The highest BCUT2D eigenvalue weighted by Gasteiger charge is 2.25. The topological polar surface area (TPSA) is 86.8 Å². The quantitative estimate of drug-likeness (QED) is 0.693. The van der Waals surface area contributed by atoms with Crippen molar-refractivity contribution in [2.24, 2.45) is 0 Å². The van der Waals surface area contributed by atoms with Crippen molar-refractivity contribution in [1.29, 1.82) is 0 Å². The minimum Gasteiger partial charge on any atom is -0.473 e. The van der Waals surface area contributed by atoms with Gasteiger partial charge in [0.25, 0.3) is 5.91 Å². The van der Waals surface area contributed by atoms with Gasteiger partial charge in [0.05, 0.1) is 25.9 Å². The maximum atomic E-state index is 12.7. The number of benzene rings is 1. The highest BCUT2D eigenvalue weighted by atomic mass is 35.5. The lowest BCUT2D eigenvalue weighted by Crippen LogP contribution is -2.34. The molecule has 154 valence electrons. The van der Waals surface area contributed by atoms with E-state index in [1.165, 1.54) is 19.4 Å². The van der Waals surface area contributed by atoms with Gasteiger partial charge in [-0.25, -0.2) is 9.78 Å². The summed E-state index contributed by atoms with van der Waals surface area (Å²) >= 11 is 12.1. The van der Waals surface area contributed by atoms with E-state index in [1.54, 1.807) is 24.3 Å². The Morgan fingerprint density at radius 3 is 2.52 bits per heavy atom. The Hall–Kier alpha value is -2.35. The molecule has 1 aromatic carbocycles. The minimum atomic E-state index is -0.998. The number of rotatable bonds is 6. The number of pyridine rings is 1. The van der Waals surface area contributed by atoms with E-state index in [0.29, 0.717) is 23.8 Å². The first-order valence-corrected chi connectivity index (χ1v) is 9.77. The summed E-state index contributed by atoms with van der Waals surface area (Å²) in [6.07, 6.45) is 2.83. The van der Waals surface area contributed by atoms with Crippen molar-refractivity contribution in [2.75, 3.05) is 20.3 Å². The third-order valence-corrected chi connectivity index (χ3v) is 4.95. The molecule has 1 aliphatic heterocycles. The second-order valence-corrected chi connectivity index (χ2v) is 7.27. The highest BCUT2D eigenvalue weighted by molar-refractivity contribution is 6.32. The highest BCUT2D eigenvalue weighted by Crippen LogP contribution is 2.26. The predicted octanol–water partition coefficient (Wildman–Crippen LogP) is 3.59. The first kappa shape index (κ1) is 21.4. The van der Waals surface area contributed by atoms with Gasteiger partial charge in [0.2, 0.25) is 5.88 Å². The summed E-state index contributed by atoms with van der Waals surface area (Å²) in [5.74, 6) is -0.876. The van der Waals surface area contributed by atoms with Gasteiger partial charge in [-0.3, -0.25) is 4.79 Å². The van der Waals surface area contributed by atoms with Crippen molar-refractivity contribution in [2.45, 2.75) is 25.0 Å². The maximum absolute atomic E-state index is 12.7. The lowest BCUT2D eigenvalue weighted by molar-refractivity contribution is -0.143. The van der Waals surface area contributed by atoms with Gasteiger partial charge in [-0.05, 0) is 23.8 Å². The van der Waals surface area contributed by atoms with Crippen LogP contribution in [0.1, 0.15) is 34.8 Å². The van der Waals surface area contributed by atoms with Crippen molar-refractivity contribution < 1.29 is 23.8 Å². The number of aromatic nitrogens is 1. The molecule has 0 unspecified atom stereocenters. The van der Waals surface area contributed by atoms with Crippen molar-refractivity contribution in [1.82, 2.24) is 10.3 Å². The van der Waals surface area contributed by atoms with Crippen molar-refractivity contribution in [3.05, 3.63) is 57.7 Å². The molecule has 1 amide bonds. The molecule has 1 atom stereocenters. The van der Waals surface area contributed by atoms with Crippen molar-refractivity contribution >= 4 is 35.1 Å². The van der Waals surface area contributed by atoms with Gasteiger partial charge < -0.3 is 19.5 Å². The number of hydrogen-bond acceptors (Lipinski definition) is 6. The number of halogens is 2. The molecule has 0 saturated carbocycles. The fraction of sp³-hybridized carbons (Fsp3) is 0.350. The molecule has 3 rings (SSSR count). The molecule has 1 fully saturated rings. The van der Waals surface area contributed by atoms with Gasteiger partial charge in [0.15, 0.2) is 6.04 Å². The summed E-state index contributed by atoms with van der Waals surface area (Å²) < 4.78 is 15.9. The predicted molar refractivity (Wildman–Crippen MR) is 107 cm³/mol. The average Bonchev–Trinajstić information content (AvgIpc) is 2.74. The van der Waals surface area contributed by atoms with Crippen LogP contribution in [0.25, 0.3) is 0 Å². The zero-order chi connectivity index (χ0) is 20.8. The molecule has 7 nitrogen and oxygen atoms in total. The second-order valence-electron chi connectivity index (χ2n) is 6.42. The van der Waals surface area contributed by atoms with Crippen LogP contribution in [0.4, 0.5) is 0 Å². The molecule has 2 heterocycles. The lowest BCUT2D eigenvalue weighted by Gasteiger charge is -2.23. The molecule has 1 aliphatic rings. The number of carbonyl (C=O) groups excluding carboxylic acids is 2. The van der Waals surface area contributed by atoms with Crippen LogP contribution in [0.2, 0.25) is 10.0 Å². The van der Waals surface area contributed by atoms with Crippen LogP contribution in [-0.2, 0) is 14.3 Å². The molecular formula is C20H20Cl2N2O5. The van der Waals surface area contributed by atoms with Gasteiger partial charge in [0.1, 0.15) is 11.1 Å². The first-order valence-electron chi connectivity index (χ1n) is 9.02. The fourth-order valence-corrected chi connectivity index (χ4v) is 3.19. The minimum absolute atomic E-state index is 0.0259. The Morgan fingerprint density at radius 2 is 1.90 bits per heavy atom. The Labute approximate surface area is 178 Å². The Morgan fingerprint density at radius 1 is 1.21 bits per heavy atom. The van der Waals surface area contributed by atoms with E-state index in [0.717, 1.165) is 12.8 Å². The lowest BCUT2D eigenvalue weighted by atomic mass is 10.1. The third-order valence-electron chi connectivity index (χ3n) is 4.43. The van der Waals surface area contributed by atoms with E-state index < -0.39 is 17.9 Å². The zero-order valence-electron chi connectivity index (χ0n) is 15.7. The maximum Gasteiger partial charge on any atom is 0.333 e. The Kier molecular flexibility index (Phi) is 7.30. The van der Waals surface area contributed by atoms with Crippen molar-refractivity contribution in [3.63, 3.8) is 0 Å². The number of ether oxygens (including phenoxy) is 3. The first-order chi connectivity index (χ1) is 14.0. The van der Waals surface area contributed by atoms with Gasteiger partial charge >= 0.3 is 5.97 Å². The number of nitrogens with one attached hydrogen (secondary N) is 1. The number of hydrogen-bond donors (Lipinski definition) is 1. The summed E-state index contributed by atoms with van der Waals surface area (Å²) in [6, 6.07) is 6.98. The van der Waals surface area contributed by atoms with Crippen LogP contribution in [0.3, 0.4) is 0 Å². The van der Waals surface area contributed by atoms with Crippen LogP contribution in [0, 0.1) is 0 Å². The molecule has 9 heteroatoms. The summed E-state index contributed by atoms with van der Waals surface area (Å²) in [4.78, 5) is 29.0. The standard InChI is InChI=1S/C20H20Cl2N2O5/c1-27-20(26)17(12-2-4-14(21)5-3-12)24-18(25)13-10-16(22)19(23-11-13)29-15-6-8-28-9-7-15/h2-5,10-11,15,17H,6-9H2,1H3,(H,24,25)/t17-/m0/s1. The number of methoxy groups -OCH3 is 1. The molecule has 0 bridgehead atoms. The molecule has 1 N–H and O–H groups in total. The third kappa shape index (κ3) is 5.59. The van der Waals surface area contributed by atoms with E-state index in [4.69, 9.17) is 37.4 Å².